The van der Waals surface area contributed by atoms with Gasteiger partial charge in [-0.3, -0.25) is 0 Å². The summed E-state index contributed by atoms with van der Waals surface area (Å²) < 4.78 is 23.6. The Morgan fingerprint density at radius 3 is 2.52 bits per heavy atom. The van der Waals surface area contributed by atoms with Crippen molar-refractivity contribution in [3.05, 3.63) is 52.8 Å². The molecule has 2 rings (SSSR count). The van der Waals surface area contributed by atoms with Crippen LogP contribution in [0.15, 0.2) is 36.4 Å². The lowest BCUT2D eigenvalue weighted by molar-refractivity contribution is 0.310. The number of halogens is 2. The predicted octanol–water partition coefficient (Wildman–Crippen LogP) is 4.50. The molecule has 0 saturated carbocycles. The molecule has 2 aromatic carbocycles. The molecule has 0 spiro atoms. The minimum atomic E-state index is -0.258. The lowest BCUT2D eigenvalue weighted by Crippen LogP contribution is -2.02. The van der Waals surface area contributed by atoms with E-state index in [9.17, 15) is 4.39 Å². The molecule has 1 N–H and O–H groups in total. The Morgan fingerprint density at radius 1 is 1.19 bits per heavy atom. The van der Waals surface area contributed by atoms with Crippen molar-refractivity contribution >= 4 is 17.3 Å². The SMILES string of the molecule is CCOc1cc(CNc2ccc(F)cc2)cc(Cl)c1OC. The Kier molecular flexibility index (Phi) is 5.28. The van der Waals surface area contributed by atoms with Gasteiger partial charge in [-0.05, 0) is 48.9 Å². The van der Waals surface area contributed by atoms with Gasteiger partial charge in [0.15, 0.2) is 11.5 Å². The second kappa shape index (κ2) is 7.18. The maximum absolute atomic E-state index is 12.8. The first-order valence-electron chi connectivity index (χ1n) is 6.62. The highest BCUT2D eigenvalue weighted by Crippen LogP contribution is 2.36. The molecule has 0 atom stereocenters. The van der Waals surface area contributed by atoms with E-state index in [0.717, 1.165) is 11.3 Å². The summed E-state index contributed by atoms with van der Waals surface area (Å²) in [5.74, 6) is 0.888. The zero-order valence-corrected chi connectivity index (χ0v) is 12.7. The van der Waals surface area contributed by atoms with Crippen LogP contribution in [0.2, 0.25) is 5.02 Å². The molecular weight excluding hydrogens is 293 g/mol. The maximum atomic E-state index is 12.8. The minimum Gasteiger partial charge on any atom is -0.491 e. The normalized spacial score (nSPS) is 10.3. The van der Waals surface area contributed by atoms with Crippen LogP contribution >= 0.6 is 11.6 Å². The number of hydrogen-bond acceptors (Lipinski definition) is 3. The van der Waals surface area contributed by atoms with Gasteiger partial charge in [0, 0.05) is 12.2 Å². The molecule has 112 valence electrons. The average molecular weight is 310 g/mol. The third kappa shape index (κ3) is 4.02. The number of rotatable bonds is 6. The standard InChI is InChI=1S/C16H17ClFNO2/c1-3-21-15-9-11(8-14(17)16(15)20-2)10-19-13-6-4-12(18)5-7-13/h4-9,19H,3,10H2,1-2H3. The highest BCUT2D eigenvalue weighted by molar-refractivity contribution is 6.32. The molecule has 0 radical (unpaired) electrons. The van der Waals surface area contributed by atoms with Crippen LogP contribution in [0.3, 0.4) is 0 Å². The van der Waals surface area contributed by atoms with Crippen molar-refractivity contribution in [3.63, 3.8) is 0 Å². The van der Waals surface area contributed by atoms with Gasteiger partial charge in [0.05, 0.1) is 18.7 Å². The smallest absolute Gasteiger partial charge is 0.179 e. The van der Waals surface area contributed by atoms with Gasteiger partial charge in [-0.25, -0.2) is 4.39 Å². The molecule has 0 unspecified atom stereocenters. The van der Waals surface area contributed by atoms with Crippen LogP contribution in [0.4, 0.5) is 10.1 Å². The zero-order valence-electron chi connectivity index (χ0n) is 12.0. The summed E-state index contributed by atoms with van der Waals surface area (Å²) >= 11 is 6.19. The Labute approximate surface area is 128 Å². The van der Waals surface area contributed by atoms with E-state index in [1.54, 1.807) is 19.2 Å². The molecule has 0 aliphatic rings. The van der Waals surface area contributed by atoms with Gasteiger partial charge in [-0.15, -0.1) is 0 Å². The molecule has 21 heavy (non-hydrogen) atoms. The van der Waals surface area contributed by atoms with E-state index in [4.69, 9.17) is 21.1 Å². The van der Waals surface area contributed by atoms with Gasteiger partial charge in [0.25, 0.3) is 0 Å². The van der Waals surface area contributed by atoms with E-state index in [-0.39, 0.29) is 5.82 Å². The molecule has 0 aromatic heterocycles. The highest BCUT2D eigenvalue weighted by Gasteiger charge is 2.11. The molecule has 2 aromatic rings. The molecule has 0 saturated heterocycles. The molecule has 0 aliphatic carbocycles. The Morgan fingerprint density at radius 2 is 1.90 bits per heavy atom. The number of hydrogen-bond donors (Lipinski definition) is 1. The third-order valence-electron chi connectivity index (χ3n) is 2.91. The van der Waals surface area contributed by atoms with Gasteiger partial charge in [0.1, 0.15) is 5.82 Å². The van der Waals surface area contributed by atoms with Gasteiger partial charge in [-0.2, -0.15) is 0 Å². The number of anilines is 1. The van der Waals surface area contributed by atoms with Crippen LogP contribution in [-0.2, 0) is 6.54 Å². The molecule has 0 fully saturated rings. The van der Waals surface area contributed by atoms with Crippen molar-refractivity contribution < 1.29 is 13.9 Å². The maximum Gasteiger partial charge on any atom is 0.179 e. The van der Waals surface area contributed by atoms with Crippen LogP contribution in [0.25, 0.3) is 0 Å². The molecule has 5 heteroatoms. The Bertz CT molecular complexity index is 602. The number of benzene rings is 2. The number of methoxy groups -OCH3 is 1. The second-order valence-electron chi connectivity index (χ2n) is 4.40. The fourth-order valence-corrected chi connectivity index (χ4v) is 2.27. The summed E-state index contributed by atoms with van der Waals surface area (Å²) in [6, 6.07) is 9.89. The Balaban J connectivity index is 2.14. The van der Waals surface area contributed by atoms with Crippen LogP contribution in [0.5, 0.6) is 11.5 Å². The van der Waals surface area contributed by atoms with E-state index < -0.39 is 0 Å². The van der Waals surface area contributed by atoms with Crippen molar-refractivity contribution in [2.45, 2.75) is 13.5 Å². The van der Waals surface area contributed by atoms with Crippen LogP contribution in [0.1, 0.15) is 12.5 Å². The molecule has 0 amide bonds. The van der Waals surface area contributed by atoms with Crippen molar-refractivity contribution in [3.8, 4) is 11.5 Å². The lowest BCUT2D eigenvalue weighted by Gasteiger charge is -2.14. The van der Waals surface area contributed by atoms with E-state index in [1.807, 2.05) is 19.1 Å². The Hall–Kier alpha value is -1.94. The summed E-state index contributed by atoms with van der Waals surface area (Å²) in [7, 11) is 1.56. The molecule has 3 nitrogen and oxygen atoms in total. The fourth-order valence-electron chi connectivity index (χ4n) is 1.96. The van der Waals surface area contributed by atoms with Crippen LogP contribution in [0, 0.1) is 5.82 Å². The summed E-state index contributed by atoms with van der Waals surface area (Å²) in [6.07, 6.45) is 0. The molecule has 0 aliphatic heterocycles. The first-order valence-corrected chi connectivity index (χ1v) is 7.00. The summed E-state index contributed by atoms with van der Waals surface area (Å²) in [5, 5.41) is 3.70. The molecular formula is C16H17ClFNO2. The number of ether oxygens (including phenoxy) is 2. The van der Waals surface area contributed by atoms with E-state index >= 15 is 0 Å². The highest BCUT2D eigenvalue weighted by atomic mass is 35.5. The summed E-state index contributed by atoms with van der Waals surface area (Å²) in [6.45, 7) is 2.98. The van der Waals surface area contributed by atoms with Crippen LogP contribution in [-0.4, -0.2) is 13.7 Å². The molecule has 0 heterocycles. The summed E-state index contributed by atoms with van der Waals surface area (Å²) in [4.78, 5) is 0. The third-order valence-corrected chi connectivity index (χ3v) is 3.19. The van der Waals surface area contributed by atoms with Crippen molar-refractivity contribution in [1.82, 2.24) is 0 Å². The predicted molar refractivity (Wildman–Crippen MR) is 82.9 cm³/mol. The second-order valence-corrected chi connectivity index (χ2v) is 4.81. The van der Waals surface area contributed by atoms with Gasteiger partial charge >= 0.3 is 0 Å². The lowest BCUT2D eigenvalue weighted by atomic mass is 10.2. The minimum absolute atomic E-state index is 0.258. The van der Waals surface area contributed by atoms with Crippen LogP contribution < -0.4 is 14.8 Å². The first-order chi connectivity index (χ1) is 10.1. The van der Waals surface area contributed by atoms with E-state index in [2.05, 4.69) is 5.32 Å². The quantitative estimate of drug-likeness (QED) is 0.852. The summed E-state index contributed by atoms with van der Waals surface area (Å²) in [5.41, 5.74) is 1.79. The first kappa shape index (κ1) is 15.4. The number of nitrogens with one attached hydrogen (secondary N) is 1. The van der Waals surface area contributed by atoms with Crippen molar-refractivity contribution in [2.24, 2.45) is 0 Å². The van der Waals surface area contributed by atoms with Gasteiger partial charge in [0.2, 0.25) is 0 Å². The van der Waals surface area contributed by atoms with Crippen molar-refractivity contribution in [1.29, 1.82) is 0 Å². The molecule has 0 bridgehead atoms. The monoisotopic (exact) mass is 309 g/mol. The van der Waals surface area contributed by atoms with E-state index in [0.29, 0.717) is 29.7 Å². The zero-order chi connectivity index (χ0) is 15.2. The van der Waals surface area contributed by atoms with E-state index in [1.165, 1.54) is 12.1 Å². The van der Waals surface area contributed by atoms with Crippen molar-refractivity contribution in [2.75, 3.05) is 19.0 Å². The average Bonchev–Trinajstić information content (AvgIpc) is 2.47. The topological polar surface area (TPSA) is 30.5 Å². The van der Waals surface area contributed by atoms with Gasteiger partial charge in [-0.1, -0.05) is 11.6 Å². The largest absolute Gasteiger partial charge is 0.491 e. The fraction of sp³-hybridized carbons (Fsp3) is 0.250. The van der Waals surface area contributed by atoms with Gasteiger partial charge < -0.3 is 14.8 Å².